The Balaban J connectivity index is 1.43. The lowest BCUT2D eigenvalue weighted by Gasteiger charge is -2.25. The van der Waals surface area contributed by atoms with E-state index in [1.165, 1.54) is 11.1 Å². The van der Waals surface area contributed by atoms with Gasteiger partial charge in [-0.15, -0.1) is 0 Å². The first-order chi connectivity index (χ1) is 26.8. The number of hydrogen-bond donors (Lipinski definition) is 0. The fourth-order valence-corrected chi connectivity index (χ4v) is 7.07. The number of methoxy groups -OCH3 is 3. The van der Waals surface area contributed by atoms with Gasteiger partial charge in [-0.05, 0) is 95.3 Å². The van der Waals surface area contributed by atoms with E-state index in [0.29, 0.717) is 46.1 Å². The number of aryl methyl sites for hydroxylation is 1. The highest BCUT2D eigenvalue weighted by molar-refractivity contribution is 5.69. The van der Waals surface area contributed by atoms with Crippen LogP contribution in [0.1, 0.15) is 123 Å². The molecule has 0 atom stereocenters. The molecule has 56 heavy (non-hydrogen) atoms. The Morgan fingerprint density at radius 2 is 1.04 bits per heavy atom. The van der Waals surface area contributed by atoms with E-state index < -0.39 is 0 Å². The molecule has 6 bridgehead atoms. The molecule has 1 aromatic heterocycles. The van der Waals surface area contributed by atoms with E-state index in [9.17, 15) is 4.79 Å². The standard InChI is InChI=1S/C47H61NO8/c1-46(2,3)39-21-35-27-53-25-33-19-32(15-11-10-12-17-42(49)56-31-41-16-13-14-18-48-41)20-34(43(33)50-7)26-54-28-36-22-40(47(4,5)6)24-38(45(36)52-9)30-55-29-37(23-39)44(35)51-8/h13-14,16,18-24H,10-12,15,17,25-31H2,1-9H3. The lowest BCUT2D eigenvalue weighted by atomic mass is 9.84. The number of carbonyl (C=O) groups is 1. The van der Waals surface area contributed by atoms with Gasteiger partial charge < -0.3 is 33.2 Å². The average molecular weight is 768 g/mol. The van der Waals surface area contributed by atoms with Crippen LogP contribution < -0.4 is 14.2 Å². The molecule has 5 rings (SSSR count). The minimum absolute atomic E-state index is 0.0989. The second kappa shape index (κ2) is 19.6. The van der Waals surface area contributed by atoms with Gasteiger partial charge in [0.2, 0.25) is 0 Å². The molecule has 4 aromatic rings. The number of unbranched alkanes of at least 4 members (excludes halogenated alkanes) is 2. The first kappa shape index (κ1) is 42.7. The summed E-state index contributed by atoms with van der Waals surface area (Å²) in [6.07, 6.45) is 5.48. The average Bonchev–Trinajstić information content (AvgIpc) is 3.16. The van der Waals surface area contributed by atoms with Gasteiger partial charge in [0.15, 0.2) is 0 Å². The topological polar surface area (TPSA) is 94.6 Å². The third-order valence-electron chi connectivity index (χ3n) is 10.1. The van der Waals surface area contributed by atoms with Crippen LogP contribution in [0.3, 0.4) is 0 Å². The number of carbonyl (C=O) groups excluding carboxylic acids is 1. The number of hydrogen-bond acceptors (Lipinski definition) is 9. The molecule has 0 saturated carbocycles. The van der Waals surface area contributed by atoms with Crippen LogP contribution in [0.2, 0.25) is 0 Å². The fraction of sp³-hybridized carbons (Fsp3) is 0.489. The first-order valence-corrected chi connectivity index (χ1v) is 19.7. The maximum atomic E-state index is 12.4. The monoisotopic (exact) mass is 767 g/mol. The highest BCUT2D eigenvalue weighted by Crippen LogP contribution is 2.37. The summed E-state index contributed by atoms with van der Waals surface area (Å²) in [6, 6.07) is 18.7. The molecule has 9 nitrogen and oxygen atoms in total. The number of fused-ring (bicyclic) bond motifs is 6. The van der Waals surface area contributed by atoms with Crippen LogP contribution in [0, 0.1) is 0 Å². The zero-order valence-corrected chi connectivity index (χ0v) is 35.0. The molecule has 0 amide bonds. The van der Waals surface area contributed by atoms with Crippen molar-refractivity contribution in [2.75, 3.05) is 21.3 Å². The van der Waals surface area contributed by atoms with Gasteiger partial charge >= 0.3 is 5.97 Å². The SMILES string of the molecule is COc1c2cc(CCCCCC(=O)OCc3ccccn3)cc1COCc1cc(C(C)(C)C)cc(c1OC)COCc1cc(C(C)(C)C)cc(c1OC)COC2. The summed E-state index contributed by atoms with van der Waals surface area (Å²) in [5, 5.41) is 0. The molecule has 302 valence electrons. The van der Waals surface area contributed by atoms with E-state index in [1.54, 1.807) is 27.5 Å². The molecule has 0 spiro atoms. The normalized spacial score (nSPS) is 14.0. The summed E-state index contributed by atoms with van der Waals surface area (Å²) >= 11 is 0. The zero-order chi connectivity index (χ0) is 40.3. The van der Waals surface area contributed by atoms with E-state index in [-0.39, 0.29) is 23.4 Å². The number of benzene rings is 3. The summed E-state index contributed by atoms with van der Waals surface area (Å²) in [5.41, 5.74) is 9.84. The van der Waals surface area contributed by atoms with Crippen molar-refractivity contribution in [3.63, 3.8) is 0 Å². The number of aromatic nitrogens is 1. The van der Waals surface area contributed by atoms with Crippen molar-refractivity contribution in [1.29, 1.82) is 0 Å². The summed E-state index contributed by atoms with van der Waals surface area (Å²) in [4.78, 5) is 16.6. The molecule has 3 aromatic carbocycles. The van der Waals surface area contributed by atoms with E-state index in [1.807, 2.05) is 18.2 Å². The molecule has 0 unspecified atom stereocenters. The summed E-state index contributed by atoms with van der Waals surface area (Å²) in [6.45, 7) is 15.6. The molecule has 9 heteroatoms. The molecule has 0 radical (unpaired) electrons. The number of pyridine rings is 1. The lowest BCUT2D eigenvalue weighted by Crippen LogP contribution is -2.15. The van der Waals surface area contributed by atoms with Gasteiger partial charge in [0.1, 0.15) is 23.9 Å². The molecule has 0 aliphatic carbocycles. The Morgan fingerprint density at radius 1 is 0.607 bits per heavy atom. The number of nitrogens with zero attached hydrogens (tertiary/aromatic N) is 1. The highest BCUT2D eigenvalue weighted by atomic mass is 16.5. The van der Waals surface area contributed by atoms with E-state index in [2.05, 4.69) is 82.9 Å². The molecule has 1 aliphatic heterocycles. The molecular formula is C47H61NO8. The summed E-state index contributed by atoms with van der Waals surface area (Å²) in [7, 11) is 5.11. The van der Waals surface area contributed by atoms with Crippen molar-refractivity contribution in [3.8, 4) is 17.2 Å². The second-order valence-electron chi connectivity index (χ2n) is 16.6. The van der Waals surface area contributed by atoms with Gasteiger partial charge in [-0.3, -0.25) is 9.78 Å². The number of ether oxygens (including phenoxy) is 7. The molecule has 0 fully saturated rings. The smallest absolute Gasteiger partial charge is 0.306 e. The maximum absolute atomic E-state index is 12.4. The maximum Gasteiger partial charge on any atom is 0.306 e. The van der Waals surface area contributed by atoms with Crippen LogP contribution in [0.4, 0.5) is 0 Å². The molecule has 0 saturated heterocycles. The summed E-state index contributed by atoms with van der Waals surface area (Å²) in [5.74, 6) is 2.09. The Kier molecular flexibility index (Phi) is 15.0. The van der Waals surface area contributed by atoms with Crippen LogP contribution in [0.15, 0.2) is 60.8 Å². The van der Waals surface area contributed by atoms with Gasteiger partial charge in [-0.25, -0.2) is 0 Å². The number of rotatable bonds is 11. The largest absolute Gasteiger partial charge is 0.496 e. The van der Waals surface area contributed by atoms with Gasteiger partial charge in [0, 0.05) is 46.0 Å². The predicted molar refractivity (Wildman–Crippen MR) is 218 cm³/mol. The fourth-order valence-electron chi connectivity index (χ4n) is 7.07. The quantitative estimate of drug-likeness (QED) is 0.109. The van der Waals surface area contributed by atoms with Crippen molar-refractivity contribution in [3.05, 3.63) is 117 Å². The molecule has 0 N–H and O–H groups in total. The Bertz CT molecular complexity index is 1810. The van der Waals surface area contributed by atoms with Gasteiger partial charge in [0.25, 0.3) is 0 Å². The second-order valence-corrected chi connectivity index (χ2v) is 16.6. The third kappa shape index (κ3) is 11.6. The van der Waals surface area contributed by atoms with Gasteiger partial charge in [0.05, 0.1) is 66.7 Å². The Hall–Kier alpha value is -4.44. The predicted octanol–water partition coefficient (Wildman–Crippen LogP) is 10.0. The van der Waals surface area contributed by atoms with Crippen molar-refractivity contribution in [2.45, 2.75) is 131 Å². The van der Waals surface area contributed by atoms with Crippen LogP contribution in [-0.2, 0) is 87.2 Å². The van der Waals surface area contributed by atoms with Crippen LogP contribution >= 0.6 is 0 Å². The Morgan fingerprint density at radius 3 is 1.41 bits per heavy atom. The summed E-state index contributed by atoms with van der Waals surface area (Å²) < 4.78 is 43.0. The van der Waals surface area contributed by atoms with Gasteiger partial charge in [-0.2, -0.15) is 0 Å². The molecule has 1 aliphatic rings. The Labute approximate surface area is 334 Å². The molecular weight excluding hydrogens is 707 g/mol. The van der Waals surface area contributed by atoms with Crippen molar-refractivity contribution in [1.82, 2.24) is 4.98 Å². The zero-order valence-electron chi connectivity index (χ0n) is 35.0. The highest BCUT2D eigenvalue weighted by Gasteiger charge is 2.23. The van der Waals surface area contributed by atoms with E-state index in [4.69, 9.17) is 33.2 Å². The van der Waals surface area contributed by atoms with Crippen molar-refractivity contribution >= 4 is 5.97 Å². The van der Waals surface area contributed by atoms with Crippen LogP contribution in [0.25, 0.3) is 0 Å². The molecule has 2 heterocycles. The van der Waals surface area contributed by atoms with Crippen LogP contribution in [-0.4, -0.2) is 32.3 Å². The first-order valence-electron chi connectivity index (χ1n) is 19.7. The third-order valence-corrected chi connectivity index (χ3v) is 10.1. The van der Waals surface area contributed by atoms with E-state index >= 15 is 0 Å². The minimum atomic E-state index is -0.203. The van der Waals surface area contributed by atoms with Crippen molar-refractivity contribution in [2.24, 2.45) is 0 Å². The van der Waals surface area contributed by atoms with E-state index in [0.717, 1.165) is 87.6 Å². The van der Waals surface area contributed by atoms with Crippen LogP contribution in [0.5, 0.6) is 17.2 Å². The van der Waals surface area contributed by atoms with Crippen molar-refractivity contribution < 1.29 is 38.0 Å². The lowest BCUT2D eigenvalue weighted by molar-refractivity contribution is -0.145. The van der Waals surface area contributed by atoms with Gasteiger partial charge in [-0.1, -0.05) is 54.0 Å². The minimum Gasteiger partial charge on any atom is -0.496 e. The number of esters is 1.